The van der Waals surface area contributed by atoms with E-state index in [1.165, 1.54) is 11.1 Å². The minimum absolute atomic E-state index is 0.00510. The van der Waals surface area contributed by atoms with E-state index >= 15 is 0 Å². The third kappa shape index (κ3) is 7.32. The van der Waals surface area contributed by atoms with Crippen LogP contribution in [-0.4, -0.2) is 18.0 Å². The van der Waals surface area contributed by atoms with Gasteiger partial charge in [0.25, 0.3) is 0 Å². The van der Waals surface area contributed by atoms with E-state index in [0.29, 0.717) is 0 Å². The van der Waals surface area contributed by atoms with Crippen LogP contribution < -0.4 is 11.1 Å². The second-order valence-electron chi connectivity index (χ2n) is 8.52. The highest BCUT2D eigenvalue weighted by Crippen LogP contribution is 2.24. The second-order valence-corrected chi connectivity index (χ2v) is 8.52. The molecule has 3 heteroatoms. The van der Waals surface area contributed by atoms with E-state index in [0.717, 1.165) is 64.2 Å². The molecular weight excluding hydrogens is 356 g/mol. The highest BCUT2D eigenvalue weighted by Gasteiger charge is 2.29. The molecule has 156 valence electrons. The van der Waals surface area contributed by atoms with Crippen molar-refractivity contribution in [2.75, 3.05) is 0 Å². The lowest BCUT2D eigenvalue weighted by Crippen LogP contribution is -2.47. The van der Waals surface area contributed by atoms with Gasteiger partial charge in [-0.1, -0.05) is 73.5 Å². The highest BCUT2D eigenvalue weighted by atomic mass is 16.2. The van der Waals surface area contributed by atoms with Crippen molar-refractivity contribution in [3.63, 3.8) is 0 Å². The summed E-state index contributed by atoms with van der Waals surface area (Å²) in [7, 11) is 0. The van der Waals surface area contributed by atoms with Crippen LogP contribution in [0.2, 0.25) is 0 Å². The van der Waals surface area contributed by atoms with E-state index in [1.54, 1.807) is 0 Å². The maximum absolute atomic E-state index is 12.9. The minimum Gasteiger partial charge on any atom is -0.353 e. The quantitative estimate of drug-likeness (QED) is 0.595. The van der Waals surface area contributed by atoms with Gasteiger partial charge >= 0.3 is 0 Å². The van der Waals surface area contributed by atoms with Crippen LogP contribution in [-0.2, 0) is 17.6 Å². The summed E-state index contributed by atoms with van der Waals surface area (Å²) < 4.78 is 0. The predicted octanol–water partition coefficient (Wildman–Crippen LogP) is 5.03. The third-order valence-corrected chi connectivity index (χ3v) is 6.22. The van der Waals surface area contributed by atoms with Gasteiger partial charge in [0.2, 0.25) is 5.91 Å². The van der Waals surface area contributed by atoms with Crippen molar-refractivity contribution >= 4 is 5.91 Å². The van der Waals surface area contributed by atoms with E-state index in [4.69, 9.17) is 5.73 Å². The van der Waals surface area contributed by atoms with Crippen molar-refractivity contribution in [1.82, 2.24) is 5.32 Å². The number of nitrogens with two attached hydrogens (primary N) is 1. The van der Waals surface area contributed by atoms with Crippen molar-refractivity contribution in [2.45, 2.75) is 76.3 Å². The van der Waals surface area contributed by atoms with Crippen LogP contribution in [0.15, 0.2) is 60.7 Å². The number of benzene rings is 2. The molecule has 29 heavy (non-hydrogen) atoms. The zero-order valence-corrected chi connectivity index (χ0v) is 17.6. The Kier molecular flexibility index (Phi) is 8.76. The van der Waals surface area contributed by atoms with E-state index in [9.17, 15) is 4.79 Å². The fourth-order valence-corrected chi connectivity index (χ4v) is 4.48. The zero-order valence-electron chi connectivity index (χ0n) is 17.6. The summed E-state index contributed by atoms with van der Waals surface area (Å²) in [5.41, 5.74) is 8.99. The van der Waals surface area contributed by atoms with E-state index in [-0.39, 0.29) is 23.9 Å². The third-order valence-electron chi connectivity index (χ3n) is 6.22. The summed E-state index contributed by atoms with van der Waals surface area (Å²) >= 11 is 0. The summed E-state index contributed by atoms with van der Waals surface area (Å²) in [4.78, 5) is 12.9. The first kappa shape index (κ1) is 21.6. The van der Waals surface area contributed by atoms with Gasteiger partial charge in [-0.2, -0.15) is 0 Å². The molecule has 3 nitrogen and oxygen atoms in total. The Morgan fingerprint density at radius 1 is 0.862 bits per heavy atom. The molecule has 1 fully saturated rings. The predicted molar refractivity (Wildman–Crippen MR) is 121 cm³/mol. The Hall–Kier alpha value is -2.13. The number of aryl methyl sites for hydroxylation is 2. The van der Waals surface area contributed by atoms with Crippen LogP contribution in [0.1, 0.15) is 62.5 Å². The fraction of sp³-hybridized carbons (Fsp3) is 0.500. The lowest BCUT2D eigenvalue weighted by molar-refractivity contribution is -0.127. The molecule has 0 radical (unpaired) electrons. The van der Waals surface area contributed by atoms with E-state index in [2.05, 4.69) is 66.0 Å². The molecule has 0 aliphatic heterocycles. The van der Waals surface area contributed by atoms with Gasteiger partial charge in [-0.05, 0) is 62.5 Å². The van der Waals surface area contributed by atoms with Crippen LogP contribution in [0.5, 0.6) is 0 Å². The standard InChI is InChI=1S/C26H36N2O/c27-25-20-8-7-19-24(25)26(29)28-23(17-9-15-21-11-3-1-4-12-21)18-10-16-22-13-5-2-6-14-22/h1-6,11-14,23-25H,7-10,15-20,27H2,(H,28,29). The Labute approximate surface area is 176 Å². The van der Waals surface area contributed by atoms with Crippen LogP contribution in [0.4, 0.5) is 0 Å². The molecule has 0 aromatic heterocycles. The lowest BCUT2D eigenvalue weighted by Gasteiger charge is -2.29. The molecule has 0 saturated heterocycles. The number of amides is 1. The number of carbonyl (C=O) groups excluding carboxylic acids is 1. The van der Waals surface area contributed by atoms with Crippen molar-refractivity contribution in [1.29, 1.82) is 0 Å². The van der Waals surface area contributed by atoms with Crippen molar-refractivity contribution in [3.05, 3.63) is 71.8 Å². The SMILES string of the molecule is NC1CCCCC1C(=O)NC(CCCc1ccccc1)CCCc1ccccc1. The summed E-state index contributed by atoms with van der Waals surface area (Å²) in [5, 5.41) is 3.37. The normalized spacial score (nSPS) is 19.2. The molecule has 0 spiro atoms. The summed E-state index contributed by atoms with van der Waals surface area (Å²) in [6.45, 7) is 0. The molecular formula is C26H36N2O. The van der Waals surface area contributed by atoms with Gasteiger partial charge in [0.1, 0.15) is 0 Å². The first-order valence-corrected chi connectivity index (χ1v) is 11.4. The van der Waals surface area contributed by atoms with Gasteiger partial charge in [0, 0.05) is 12.1 Å². The maximum Gasteiger partial charge on any atom is 0.224 e. The average Bonchev–Trinajstić information content (AvgIpc) is 2.75. The number of rotatable bonds is 10. The molecule has 0 bridgehead atoms. The molecule has 1 amide bonds. The fourth-order valence-electron chi connectivity index (χ4n) is 4.48. The molecule has 2 aromatic carbocycles. The number of nitrogens with one attached hydrogen (secondary N) is 1. The van der Waals surface area contributed by atoms with Crippen molar-refractivity contribution in [3.8, 4) is 0 Å². The van der Waals surface area contributed by atoms with Gasteiger partial charge in [0.05, 0.1) is 5.92 Å². The molecule has 3 N–H and O–H groups in total. The molecule has 1 aliphatic rings. The van der Waals surface area contributed by atoms with E-state index in [1.807, 2.05) is 0 Å². The monoisotopic (exact) mass is 392 g/mol. The van der Waals surface area contributed by atoms with Gasteiger partial charge in [0.15, 0.2) is 0 Å². The molecule has 1 aliphatic carbocycles. The van der Waals surface area contributed by atoms with Crippen LogP contribution >= 0.6 is 0 Å². The molecule has 2 unspecified atom stereocenters. The van der Waals surface area contributed by atoms with Crippen LogP contribution in [0.25, 0.3) is 0 Å². The zero-order chi connectivity index (χ0) is 20.3. The molecule has 0 heterocycles. The Morgan fingerprint density at radius 2 is 1.38 bits per heavy atom. The van der Waals surface area contributed by atoms with Gasteiger partial charge in [-0.15, -0.1) is 0 Å². The Morgan fingerprint density at radius 3 is 1.90 bits per heavy atom. The first-order valence-electron chi connectivity index (χ1n) is 11.4. The van der Waals surface area contributed by atoms with Crippen LogP contribution in [0, 0.1) is 5.92 Å². The lowest BCUT2D eigenvalue weighted by atomic mass is 9.84. The van der Waals surface area contributed by atoms with Crippen molar-refractivity contribution in [2.24, 2.45) is 11.7 Å². The molecule has 3 rings (SSSR count). The Bertz CT molecular complexity index is 671. The topological polar surface area (TPSA) is 55.1 Å². The van der Waals surface area contributed by atoms with Crippen LogP contribution in [0.3, 0.4) is 0 Å². The largest absolute Gasteiger partial charge is 0.353 e. The molecule has 2 aromatic rings. The van der Waals surface area contributed by atoms with Crippen molar-refractivity contribution < 1.29 is 4.79 Å². The Balaban J connectivity index is 1.51. The molecule has 2 atom stereocenters. The molecule has 1 saturated carbocycles. The number of carbonyl (C=O) groups is 1. The van der Waals surface area contributed by atoms with Gasteiger partial charge in [-0.3, -0.25) is 4.79 Å². The smallest absolute Gasteiger partial charge is 0.224 e. The average molecular weight is 393 g/mol. The summed E-state index contributed by atoms with van der Waals surface area (Å²) in [6.07, 6.45) is 10.6. The number of hydrogen-bond donors (Lipinski definition) is 2. The number of hydrogen-bond acceptors (Lipinski definition) is 2. The maximum atomic E-state index is 12.9. The summed E-state index contributed by atoms with van der Waals surface area (Å²) in [6, 6.07) is 21.5. The summed E-state index contributed by atoms with van der Waals surface area (Å²) in [5.74, 6) is 0.177. The second kappa shape index (κ2) is 11.8. The highest BCUT2D eigenvalue weighted by molar-refractivity contribution is 5.79. The van der Waals surface area contributed by atoms with Gasteiger partial charge < -0.3 is 11.1 Å². The minimum atomic E-state index is -0.00510. The van der Waals surface area contributed by atoms with E-state index < -0.39 is 0 Å². The first-order chi connectivity index (χ1) is 14.2. The van der Waals surface area contributed by atoms with Gasteiger partial charge in [-0.25, -0.2) is 0 Å².